The first kappa shape index (κ1) is 16.8. The van der Waals surface area contributed by atoms with Crippen molar-refractivity contribution in [3.8, 4) is 0 Å². The molecule has 0 atom stereocenters. The number of carbonyl (C=O) groups excluding carboxylic acids is 1. The SMILES string of the molecule is Cc1cc(C(=O)NCCSSCCC(=O)O)cnc1F. The number of hydrogen-bond acceptors (Lipinski definition) is 5. The number of aliphatic carboxylic acids is 1. The zero-order chi connectivity index (χ0) is 15.0. The van der Waals surface area contributed by atoms with Gasteiger partial charge in [0.15, 0.2) is 0 Å². The van der Waals surface area contributed by atoms with Crippen LogP contribution in [0.5, 0.6) is 0 Å². The van der Waals surface area contributed by atoms with Crippen molar-refractivity contribution in [2.45, 2.75) is 13.3 Å². The summed E-state index contributed by atoms with van der Waals surface area (Å²) >= 11 is 0. The van der Waals surface area contributed by atoms with Gasteiger partial charge in [0.1, 0.15) is 0 Å². The van der Waals surface area contributed by atoms with Gasteiger partial charge in [-0.1, -0.05) is 21.6 Å². The lowest BCUT2D eigenvalue weighted by Crippen LogP contribution is -2.25. The minimum absolute atomic E-state index is 0.130. The molecule has 1 aromatic rings. The summed E-state index contributed by atoms with van der Waals surface area (Å²) < 4.78 is 13.0. The van der Waals surface area contributed by atoms with Crippen molar-refractivity contribution in [3.05, 3.63) is 29.3 Å². The number of halogens is 1. The molecule has 2 N–H and O–H groups in total. The van der Waals surface area contributed by atoms with Crippen molar-refractivity contribution in [1.29, 1.82) is 0 Å². The maximum absolute atomic E-state index is 13.0. The third-order valence-electron chi connectivity index (χ3n) is 2.23. The lowest BCUT2D eigenvalue weighted by Gasteiger charge is -2.05. The maximum Gasteiger partial charge on any atom is 0.304 e. The average Bonchev–Trinajstić information content (AvgIpc) is 2.40. The van der Waals surface area contributed by atoms with Crippen LogP contribution in [0, 0.1) is 12.9 Å². The van der Waals surface area contributed by atoms with Gasteiger partial charge in [-0.2, -0.15) is 4.39 Å². The number of hydrogen-bond donors (Lipinski definition) is 2. The number of aromatic nitrogens is 1. The van der Waals surface area contributed by atoms with E-state index in [4.69, 9.17) is 5.11 Å². The Hall–Kier alpha value is -1.28. The first-order valence-electron chi connectivity index (χ1n) is 5.87. The van der Waals surface area contributed by atoms with Gasteiger partial charge in [0.2, 0.25) is 5.95 Å². The molecule has 1 rings (SSSR count). The molecule has 0 fully saturated rings. The zero-order valence-corrected chi connectivity index (χ0v) is 12.5. The van der Waals surface area contributed by atoms with E-state index < -0.39 is 11.9 Å². The van der Waals surface area contributed by atoms with Crippen LogP contribution in [0.1, 0.15) is 22.3 Å². The van der Waals surface area contributed by atoms with Crippen LogP contribution in [0.4, 0.5) is 4.39 Å². The van der Waals surface area contributed by atoms with E-state index in [1.807, 2.05) is 0 Å². The molecule has 110 valence electrons. The molecule has 0 radical (unpaired) electrons. The molecule has 1 heterocycles. The van der Waals surface area contributed by atoms with E-state index >= 15 is 0 Å². The van der Waals surface area contributed by atoms with Crippen molar-refractivity contribution in [3.63, 3.8) is 0 Å². The molecule has 0 spiro atoms. The second kappa shape index (κ2) is 8.80. The summed E-state index contributed by atoms with van der Waals surface area (Å²) in [6.07, 6.45) is 1.33. The van der Waals surface area contributed by atoms with Crippen molar-refractivity contribution in [2.75, 3.05) is 18.1 Å². The first-order valence-corrected chi connectivity index (χ1v) is 8.36. The zero-order valence-electron chi connectivity index (χ0n) is 10.9. The number of amides is 1. The van der Waals surface area contributed by atoms with Crippen LogP contribution in [-0.4, -0.2) is 40.0 Å². The van der Waals surface area contributed by atoms with Gasteiger partial charge < -0.3 is 10.4 Å². The monoisotopic (exact) mass is 318 g/mol. The Morgan fingerprint density at radius 3 is 2.75 bits per heavy atom. The Balaban J connectivity index is 2.20. The standard InChI is InChI=1S/C12H15FN2O3S2/c1-8-6-9(7-15-11(8)13)12(18)14-3-5-20-19-4-2-10(16)17/h6-7H,2-5H2,1H3,(H,14,18)(H,16,17). The van der Waals surface area contributed by atoms with E-state index in [9.17, 15) is 14.0 Å². The van der Waals surface area contributed by atoms with Crippen LogP contribution in [0.25, 0.3) is 0 Å². The molecule has 0 saturated carbocycles. The Labute approximate surface area is 124 Å². The van der Waals surface area contributed by atoms with Crippen molar-refractivity contribution < 1.29 is 19.1 Å². The minimum atomic E-state index is -0.814. The molecule has 0 aromatic carbocycles. The van der Waals surface area contributed by atoms with Gasteiger partial charge in [-0.05, 0) is 13.0 Å². The molecule has 5 nitrogen and oxygen atoms in total. The predicted molar refractivity (Wildman–Crippen MR) is 78.4 cm³/mol. The van der Waals surface area contributed by atoms with Gasteiger partial charge >= 0.3 is 5.97 Å². The number of carbonyl (C=O) groups is 2. The van der Waals surface area contributed by atoms with E-state index in [-0.39, 0.29) is 12.3 Å². The lowest BCUT2D eigenvalue weighted by atomic mass is 10.2. The molecule has 1 amide bonds. The normalized spacial score (nSPS) is 10.3. The number of nitrogens with zero attached hydrogens (tertiary/aromatic N) is 1. The van der Waals surface area contributed by atoms with E-state index in [0.717, 1.165) is 0 Å². The fourth-order valence-corrected chi connectivity index (χ4v) is 3.12. The molecule has 0 bridgehead atoms. The Morgan fingerprint density at radius 1 is 1.40 bits per heavy atom. The van der Waals surface area contributed by atoms with Gasteiger partial charge in [0.05, 0.1) is 12.0 Å². The lowest BCUT2D eigenvalue weighted by molar-refractivity contribution is -0.136. The number of rotatable bonds is 8. The van der Waals surface area contributed by atoms with Crippen LogP contribution in [0.15, 0.2) is 12.3 Å². The van der Waals surface area contributed by atoms with Crippen molar-refractivity contribution in [1.82, 2.24) is 10.3 Å². The second-order valence-corrected chi connectivity index (χ2v) is 6.58. The van der Waals surface area contributed by atoms with E-state index in [0.29, 0.717) is 29.2 Å². The van der Waals surface area contributed by atoms with Gasteiger partial charge in [0.25, 0.3) is 5.91 Å². The summed E-state index contributed by atoms with van der Waals surface area (Å²) in [5.74, 6) is -0.479. The highest BCUT2D eigenvalue weighted by Gasteiger charge is 2.08. The third kappa shape index (κ3) is 6.25. The van der Waals surface area contributed by atoms with Crippen LogP contribution in [0.3, 0.4) is 0 Å². The molecular weight excluding hydrogens is 303 g/mol. The highest BCUT2D eigenvalue weighted by Crippen LogP contribution is 2.20. The van der Waals surface area contributed by atoms with Crippen molar-refractivity contribution >= 4 is 33.5 Å². The van der Waals surface area contributed by atoms with Gasteiger partial charge in [0, 0.05) is 29.8 Å². The molecule has 0 aliphatic heterocycles. The summed E-state index contributed by atoms with van der Waals surface area (Å²) in [7, 11) is 2.96. The van der Waals surface area contributed by atoms with Crippen LogP contribution >= 0.6 is 21.6 Å². The highest BCUT2D eigenvalue weighted by molar-refractivity contribution is 8.76. The maximum atomic E-state index is 13.0. The molecule has 1 aromatic heterocycles. The number of nitrogens with one attached hydrogen (secondary N) is 1. The Bertz CT molecular complexity index is 486. The van der Waals surface area contributed by atoms with E-state index in [1.165, 1.54) is 33.9 Å². The molecule has 0 aliphatic rings. The number of pyridine rings is 1. The number of carboxylic acids is 1. The minimum Gasteiger partial charge on any atom is -0.481 e. The average molecular weight is 318 g/mol. The summed E-state index contributed by atoms with van der Waals surface area (Å²) in [5.41, 5.74) is 0.656. The third-order valence-corrected chi connectivity index (χ3v) is 4.64. The summed E-state index contributed by atoms with van der Waals surface area (Å²) in [5, 5.41) is 11.1. The Kier molecular flexibility index (Phi) is 7.38. The summed E-state index contributed by atoms with van der Waals surface area (Å²) in [6.45, 7) is 2.01. The van der Waals surface area contributed by atoms with Gasteiger partial charge in [-0.25, -0.2) is 4.98 Å². The smallest absolute Gasteiger partial charge is 0.304 e. The van der Waals surface area contributed by atoms with Crippen molar-refractivity contribution in [2.24, 2.45) is 0 Å². The highest BCUT2D eigenvalue weighted by atomic mass is 33.1. The van der Waals surface area contributed by atoms with E-state index in [1.54, 1.807) is 6.92 Å². The summed E-state index contributed by atoms with van der Waals surface area (Å²) in [4.78, 5) is 25.5. The van der Waals surface area contributed by atoms with Gasteiger partial charge in [-0.15, -0.1) is 0 Å². The molecule has 0 aliphatic carbocycles. The first-order chi connectivity index (χ1) is 9.50. The largest absolute Gasteiger partial charge is 0.481 e. The fraction of sp³-hybridized carbons (Fsp3) is 0.417. The Morgan fingerprint density at radius 2 is 2.10 bits per heavy atom. The predicted octanol–water partition coefficient (Wildman–Crippen LogP) is 2.12. The molecule has 20 heavy (non-hydrogen) atoms. The molecule has 0 saturated heterocycles. The molecular formula is C12H15FN2O3S2. The summed E-state index contributed by atoms with van der Waals surface area (Å²) in [6, 6.07) is 1.45. The fourth-order valence-electron chi connectivity index (χ4n) is 1.24. The second-order valence-electron chi connectivity index (χ2n) is 3.88. The molecule has 0 unspecified atom stereocenters. The van der Waals surface area contributed by atoms with Crippen LogP contribution in [-0.2, 0) is 4.79 Å². The molecule has 8 heteroatoms. The van der Waals surface area contributed by atoms with Crippen LogP contribution in [0.2, 0.25) is 0 Å². The van der Waals surface area contributed by atoms with Gasteiger partial charge in [-0.3, -0.25) is 9.59 Å². The number of carboxylic acid groups (broad SMARTS) is 1. The van der Waals surface area contributed by atoms with E-state index in [2.05, 4.69) is 10.3 Å². The van der Waals surface area contributed by atoms with Crippen LogP contribution < -0.4 is 5.32 Å². The number of aryl methyl sites for hydroxylation is 1. The quantitative estimate of drug-likeness (QED) is 0.434. The topological polar surface area (TPSA) is 79.3 Å².